The molecule has 120 valence electrons. The van der Waals surface area contributed by atoms with Gasteiger partial charge in [0.25, 0.3) is 0 Å². The minimum absolute atomic E-state index is 0. The van der Waals surface area contributed by atoms with Gasteiger partial charge in [0, 0.05) is 0 Å². The van der Waals surface area contributed by atoms with Crippen LogP contribution >= 0.6 is 0 Å². The average molecular weight is 380 g/mol. The number of halogens is 2. The van der Waals surface area contributed by atoms with Crippen LogP contribution in [0.2, 0.25) is 0 Å². The normalized spacial score (nSPS) is 10.7. The fourth-order valence-electron chi connectivity index (χ4n) is 2.13. The molecule has 0 aromatic heterocycles. The van der Waals surface area contributed by atoms with Gasteiger partial charge < -0.3 is 30.5 Å². The second kappa shape index (κ2) is 13.3. The van der Waals surface area contributed by atoms with Crippen LogP contribution in [0.25, 0.3) is 11.3 Å². The molecule has 1 aliphatic rings. The topological polar surface area (TPSA) is 23.8 Å². The SMILES string of the molecule is C[CH-]c1ccccc1C1=CC=CC1.[Cl-].[Cl-].[NH-]c1ccccc1.[Ti+2]. The molecule has 4 heteroatoms. The smallest absolute Gasteiger partial charge is 1.00 e. The van der Waals surface area contributed by atoms with Gasteiger partial charge in [-0.3, -0.25) is 0 Å². The third-order valence-corrected chi connectivity index (χ3v) is 3.16. The number of benzene rings is 2. The zero-order chi connectivity index (χ0) is 14.2. The van der Waals surface area contributed by atoms with E-state index >= 15 is 0 Å². The Bertz CT molecular complexity index is 610. The van der Waals surface area contributed by atoms with Crippen molar-refractivity contribution >= 4 is 11.3 Å². The first kappa shape index (κ1) is 24.1. The quantitative estimate of drug-likeness (QED) is 0.517. The van der Waals surface area contributed by atoms with E-state index in [1.165, 1.54) is 16.7 Å². The van der Waals surface area contributed by atoms with Crippen molar-refractivity contribution in [3.63, 3.8) is 0 Å². The number of hydrogen-bond donors (Lipinski definition) is 0. The molecule has 0 fully saturated rings. The Labute approximate surface area is 166 Å². The van der Waals surface area contributed by atoms with Crippen LogP contribution in [0.1, 0.15) is 24.5 Å². The van der Waals surface area contributed by atoms with Crippen LogP contribution in [0, 0.1) is 6.42 Å². The largest absolute Gasteiger partial charge is 2.00 e. The van der Waals surface area contributed by atoms with Gasteiger partial charge in [0.05, 0.1) is 0 Å². The standard InChI is InChI=1S/C13H13.C6H6N.2ClH.Ti/c1-2-11-7-5-6-10-13(11)12-8-3-4-9-12;7-6-4-2-1-3-5-6;;;/h2-8,10H,9H2,1H3;1-5,7H;2*1H;/q2*-1;;;+2/p-2. The van der Waals surface area contributed by atoms with Gasteiger partial charge >= 0.3 is 21.7 Å². The van der Waals surface area contributed by atoms with E-state index in [1.807, 2.05) is 18.2 Å². The molecule has 0 heterocycles. The van der Waals surface area contributed by atoms with Crippen molar-refractivity contribution in [3.05, 3.63) is 96.1 Å². The summed E-state index contributed by atoms with van der Waals surface area (Å²) in [5.41, 5.74) is 11.7. The van der Waals surface area contributed by atoms with Crippen LogP contribution in [0.5, 0.6) is 0 Å². The van der Waals surface area contributed by atoms with E-state index in [1.54, 1.807) is 12.1 Å². The third kappa shape index (κ3) is 7.81. The van der Waals surface area contributed by atoms with Crippen LogP contribution in [-0.4, -0.2) is 0 Å². The molecule has 2 aromatic rings. The monoisotopic (exact) mass is 379 g/mol. The van der Waals surface area contributed by atoms with E-state index in [2.05, 4.69) is 55.8 Å². The zero-order valence-corrected chi connectivity index (χ0v) is 16.0. The molecule has 0 aliphatic heterocycles. The van der Waals surface area contributed by atoms with Crippen molar-refractivity contribution in [3.8, 4) is 0 Å². The van der Waals surface area contributed by atoms with E-state index in [9.17, 15) is 0 Å². The second-order valence-electron chi connectivity index (χ2n) is 4.57. The fourth-order valence-corrected chi connectivity index (χ4v) is 2.13. The van der Waals surface area contributed by atoms with Crippen molar-refractivity contribution in [1.29, 1.82) is 0 Å². The Hall–Kier alpha value is -1.12. The molecule has 0 amide bonds. The first-order chi connectivity index (χ1) is 9.81. The van der Waals surface area contributed by atoms with Crippen LogP contribution < -0.4 is 24.8 Å². The van der Waals surface area contributed by atoms with Crippen molar-refractivity contribution in [2.45, 2.75) is 13.3 Å². The summed E-state index contributed by atoms with van der Waals surface area (Å²) in [5, 5.41) is 0. The minimum Gasteiger partial charge on any atom is -1.00 e. The second-order valence-corrected chi connectivity index (χ2v) is 4.57. The molecule has 0 unspecified atom stereocenters. The van der Waals surface area contributed by atoms with E-state index < -0.39 is 0 Å². The summed E-state index contributed by atoms with van der Waals surface area (Å²) >= 11 is 0. The molecule has 0 spiro atoms. The van der Waals surface area contributed by atoms with Gasteiger partial charge in [-0.05, 0) is 6.42 Å². The maximum Gasteiger partial charge on any atom is 2.00 e. The maximum absolute atomic E-state index is 7.00. The van der Waals surface area contributed by atoms with Crippen molar-refractivity contribution in [1.82, 2.24) is 0 Å². The van der Waals surface area contributed by atoms with Crippen LogP contribution in [0.4, 0.5) is 5.69 Å². The zero-order valence-electron chi connectivity index (χ0n) is 13.0. The average Bonchev–Trinajstić information content (AvgIpc) is 3.03. The van der Waals surface area contributed by atoms with Gasteiger partial charge in [-0.1, -0.05) is 67.1 Å². The predicted octanol–water partition coefficient (Wildman–Crippen LogP) is -0.0220. The van der Waals surface area contributed by atoms with Gasteiger partial charge in [-0.25, -0.2) is 0 Å². The molecule has 23 heavy (non-hydrogen) atoms. The minimum atomic E-state index is 0. The van der Waals surface area contributed by atoms with Gasteiger partial charge in [0.15, 0.2) is 0 Å². The van der Waals surface area contributed by atoms with Crippen molar-refractivity contribution < 1.29 is 46.5 Å². The molecular weight excluding hydrogens is 361 g/mol. The van der Waals surface area contributed by atoms with Gasteiger partial charge in [0.1, 0.15) is 0 Å². The molecule has 0 saturated heterocycles. The van der Waals surface area contributed by atoms with E-state index in [0.717, 1.165) is 6.42 Å². The summed E-state index contributed by atoms with van der Waals surface area (Å²) in [4.78, 5) is 0. The van der Waals surface area contributed by atoms with E-state index in [4.69, 9.17) is 5.73 Å². The number of allylic oxidation sites excluding steroid dienone is 4. The maximum atomic E-state index is 7.00. The molecule has 0 saturated carbocycles. The molecule has 1 nitrogen and oxygen atoms in total. The van der Waals surface area contributed by atoms with Gasteiger partial charge in [0.2, 0.25) is 0 Å². The Morgan fingerprint density at radius 3 is 2.00 bits per heavy atom. The summed E-state index contributed by atoms with van der Waals surface area (Å²) in [6.07, 6.45) is 9.76. The number of hydrogen-bond acceptors (Lipinski definition) is 0. The summed E-state index contributed by atoms with van der Waals surface area (Å²) < 4.78 is 0. The summed E-state index contributed by atoms with van der Waals surface area (Å²) in [5.74, 6) is 0. The Morgan fingerprint density at radius 2 is 1.52 bits per heavy atom. The molecular formula is C19H19Cl2NTi-2. The molecule has 1 N–H and O–H groups in total. The van der Waals surface area contributed by atoms with Gasteiger partial charge in [-0.2, -0.15) is 18.1 Å². The molecule has 0 radical (unpaired) electrons. The van der Waals surface area contributed by atoms with E-state index in [0.29, 0.717) is 5.69 Å². The summed E-state index contributed by atoms with van der Waals surface area (Å²) in [6, 6.07) is 17.6. The van der Waals surface area contributed by atoms with Crippen LogP contribution in [0.15, 0.2) is 72.8 Å². The summed E-state index contributed by atoms with van der Waals surface area (Å²) in [7, 11) is 0. The predicted molar refractivity (Wildman–Crippen MR) is 87.7 cm³/mol. The molecule has 3 rings (SSSR count). The first-order valence-corrected chi connectivity index (χ1v) is 6.82. The Balaban J connectivity index is 0. The molecule has 0 atom stereocenters. The fraction of sp³-hybridized carbons (Fsp3) is 0.105. The Kier molecular flexibility index (Phi) is 14.0. The number of nitrogens with one attached hydrogen (secondary N) is 1. The van der Waals surface area contributed by atoms with Crippen LogP contribution in [0.3, 0.4) is 0 Å². The summed E-state index contributed by atoms with van der Waals surface area (Å²) in [6.45, 7) is 2.09. The molecule has 0 bridgehead atoms. The van der Waals surface area contributed by atoms with E-state index in [-0.39, 0.29) is 46.5 Å². The van der Waals surface area contributed by atoms with Crippen molar-refractivity contribution in [2.24, 2.45) is 0 Å². The number of rotatable bonds is 2. The van der Waals surface area contributed by atoms with Crippen molar-refractivity contribution in [2.75, 3.05) is 0 Å². The third-order valence-electron chi connectivity index (χ3n) is 3.16. The van der Waals surface area contributed by atoms with Gasteiger partial charge in [-0.15, -0.1) is 23.4 Å². The van der Waals surface area contributed by atoms with Crippen LogP contribution in [-0.2, 0) is 21.7 Å². The first-order valence-electron chi connectivity index (χ1n) is 6.82. The molecule has 2 aromatic carbocycles. The Morgan fingerprint density at radius 1 is 0.913 bits per heavy atom. The molecule has 1 aliphatic carbocycles.